The molecule has 0 heterocycles. The summed E-state index contributed by atoms with van der Waals surface area (Å²) < 4.78 is 0. The van der Waals surface area contributed by atoms with Crippen molar-refractivity contribution in [3.63, 3.8) is 0 Å². The molecule has 0 aliphatic heterocycles. The fourth-order valence-corrected chi connectivity index (χ4v) is 2.25. The highest BCUT2D eigenvalue weighted by molar-refractivity contribution is 6.42. The molecule has 19 heavy (non-hydrogen) atoms. The summed E-state index contributed by atoms with van der Waals surface area (Å²) in [6.07, 6.45) is 3.26. The first-order valence-electron chi connectivity index (χ1n) is 6.62. The first kappa shape index (κ1) is 16.5. The van der Waals surface area contributed by atoms with Gasteiger partial charge in [-0.15, -0.1) is 0 Å². The standard InChI is InChI=1S/C15H21Cl2NO/c1-10(4-3-5-11(2)18)15(19)9-12-6-7-13(16)14(17)8-12/h6-8,10-11H,3-5,9,18H2,1-2H3. The fraction of sp³-hybridized carbons (Fsp3) is 0.533. The van der Waals surface area contributed by atoms with Crippen molar-refractivity contribution >= 4 is 29.0 Å². The van der Waals surface area contributed by atoms with E-state index in [9.17, 15) is 4.79 Å². The Morgan fingerprint density at radius 3 is 2.47 bits per heavy atom. The van der Waals surface area contributed by atoms with E-state index in [4.69, 9.17) is 28.9 Å². The maximum absolute atomic E-state index is 12.1. The molecule has 2 unspecified atom stereocenters. The van der Waals surface area contributed by atoms with Gasteiger partial charge in [-0.25, -0.2) is 0 Å². The maximum atomic E-state index is 12.1. The highest BCUT2D eigenvalue weighted by Crippen LogP contribution is 2.23. The lowest BCUT2D eigenvalue weighted by Gasteiger charge is -2.11. The lowest BCUT2D eigenvalue weighted by molar-refractivity contribution is -0.121. The summed E-state index contributed by atoms with van der Waals surface area (Å²) in [7, 11) is 0. The van der Waals surface area contributed by atoms with Gasteiger partial charge < -0.3 is 5.73 Å². The van der Waals surface area contributed by atoms with Crippen molar-refractivity contribution in [2.24, 2.45) is 11.7 Å². The molecule has 2 N–H and O–H groups in total. The van der Waals surface area contributed by atoms with Crippen LogP contribution in [0.1, 0.15) is 38.7 Å². The predicted octanol–water partition coefficient (Wildman–Crippen LogP) is 4.26. The first-order valence-corrected chi connectivity index (χ1v) is 7.38. The number of rotatable bonds is 7. The van der Waals surface area contributed by atoms with Crippen LogP contribution in [0.2, 0.25) is 10.0 Å². The SMILES string of the molecule is CC(N)CCCC(C)C(=O)Cc1ccc(Cl)c(Cl)c1. The van der Waals surface area contributed by atoms with Crippen LogP contribution in [0.15, 0.2) is 18.2 Å². The van der Waals surface area contributed by atoms with Gasteiger partial charge in [-0.2, -0.15) is 0 Å². The quantitative estimate of drug-likeness (QED) is 0.818. The van der Waals surface area contributed by atoms with E-state index in [0.717, 1.165) is 24.8 Å². The molecule has 2 atom stereocenters. The molecule has 1 aromatic carbocycles. The van der Waals surface area contributed by atoms with E-state index in [1.165, 1.54) is 0 Å². The molecule has 2 nitrogen and oxygen atoms in total. The summed E-state index contributed by atoms with van der Waals surface area (Å²) in [4.78, 5) is 12.1. The molecular weight excluding hydrogens is 281 g/mol. The van der Waals surface area contributed by atoms with Gasteiger partial charge in [-0.05, 0) is 37.5 Å². The maximum Gasteiger partial charge on any atom is 0.140 e. The highest BCUT2D eigenvalue weighted by atomic mass is 35.5. The minimum atomic E-state index is 0.0632. The number of hydrogen-bond donors (Lipinski definition) is 1. The van der Waals surface area contributed by atoms with Crippen LogP contribution in [-0.4, -0.2) is 11.8 Å². The molecule has 0 aliphatic carbocycles. The number of Topliss-reactive ketones (excluding diaryl/α,β-unsaturated/α-hetero) is 1. The summed E-state index contributed by atoms with van der Waals surface area (Å²) in [6.45, 7) is 3.96. The van der Waals surface area contributed by atoms with Crippen molar-refractivity contribution in [1.29, 1.82) is 0 Å². The molecule has 0 aromatic heterocycles. The van der Waals surface area contributed by atoms with Gasteiger partial charge in [-0.1, -0.05) is 42.6 Å². The Hall–Kier alpha value is -0.570. The van der Waals surface area contributed by atoms with Crippen LogP contribution >= 0.6 is 23.2 Å². The third-order valence-electron chi connectivity index (χ3n) is 3.21. The molecular formula is C15H21Cl2NO. The smallest absolute Gasteiger partial charge is 0.140 e. The number of carbonyl (C=O) groups excluding carboxylic acids is 1. The van der Waals surface area contributed by atoms with Crippen LogP contribution < -0.4 is 5.73 Å². The zero-order chi connectivity index (χ0) is 14.4. The van der Waals surface area contributed by atoms with Crippen molar-refractivity contribution in [2.45, 2.75) is 45.6 Å². The molecule has 4 heteroatoms. The second-order valence-electron chi connectivity index (χ2n) is 5.20. The summed E-state index contributed by atoms with van der Waals surface area (Å²) in [5.41, 5.74) is 6.61. The number of benzene rings is 1. The third-order valence-corrected chi connectivity index (χ3v) is 3.95. The Morgan fingerprint density at radius 2 is 1.89 bits per heavy atom. The zero-order valence-electron chi connectivity index (χ0n) is 11.5. The normalized spacial score (nSPS) is 14.2. The second kappa shape index (κ2) is 7.88. The molecule has 106 valence electrons. The summed E-state index contributed by atoms with van der Waals surface area (Å²) in [5.74, 6) is 0.302. The number of carbonyl (C=O) groups is 1. The summed E-state index contributed by atoms with van der Waals surface area (Å²) in [6, 6.07) is 5.54. The van der Waals surface area contributed by atoms with Gasteiger partial charge >= 0.3 is 0 Å². The van der Waals surface area contributed by atoms with Crippen LogP contribution in [0, 0.1) is 5.92 Å². The number of hydrogen-bond acceptors (Lipinski definition) is 2. The van der Waals surface area contributed by atoms with Gasteiger partial charge in [0.05, 0.1) is 10.0 Å². The Kier molecular flexibility index (Phi) is 6.84. The number of nitrogens with two attached hydrogens (primary N) is 1. The molecule has 0 saturated carbocycles. The van der Waals surface area contributed by atoms with Gasteiger partial charge in [-0.3, -0.25) is 4.79 Å². The van der Waals surface area contributed by atoms with E-state index in [-0.39, 0.29) is 17.7 Å². The first-order chi connectivity index (χ1) is 8.90. The van der Waals surface area contributed by atoms with E-state index in [2.05, 4.69) is 0 Å². The van der Waals surface area contributed by atoms with Crippen LogP contribution in [0.3, 0.4) is 0 Å². The van der Waals surface area contributed by atoms with Crippen molar-refractivity contribution in [1.82, 2.24) is 0 Å². The van der Waals surface area contributed by atoms with Crippen LogP contribution in [0.25, 0.3) is 0 Å². The number of ketones is 1. The second-order valence-corrected chi connectivity index (χ2v) is 6.02. The molecule has 0 amide bonds. The lowest BCUT2D eigenvalue weighted by atomic mass is 9.94. The fourth-order valence-electron chi connectivity index (χ4n) is 1.93. The molecule has 0 spiro atoms. The van der Waals surface area contributed by atoms with E-state index < -0.39 is 0 Å². The summed E-state index contributed by atoms with van der Waals surface area (Å²) >= 11 is 11.8. The van der Waals surface area contributed by atoms with Crippen LogP contribution in [-0.2, 0) is 11.2 Å². The van der Waals surface area contributed by atoms with Crippen LogP contribution in [0.4, 0.5) is 0 Å². The van der Waals surface area contributed by atoms with E-state index >= 15 is 0 Å². The predicted molar refractivity (Wildman–Crippen MR) is 81.8 cm³/mol. The van der Waals surface area contributed by atoms with Crippen molar-refractivity contribution in [2.75, 3.05) is 0 Å². The van der Waals surface area contributed by atoms with Gasteiger partial charge in [0, 0.05) is 18.4 Å². The van der Waals surface area contributed by atoms with Crippen molar-refractivity contribution in [3.8, 4) is 0 Å². The van der Waals surface area contributed by atoms with Crippen LogP contribution in [0.5, 0.6) is 0 Å². The van der Waals surface area contributed by atoms with E-state index in [1.807, 2.05) is 19.9 Å². The third kappa shape index (κ3) is 5.94. The highest BCUT2D eigenvalue weighted by Gasteiger charge is 2.14. The molecule has 0 aliphatic rings. The molecule has 0 bridgehead atoms. The average molecular weight is 302 g/mol. The Labute approximate surface area is 125 Å². The van der Waals surface area contributed by atoms with Crippen molar-refractivity contribution < 1.29 is 4.79 Å². The minimum Gasteiger partial charge on any atom is -0.328 e. The molecule has 0 saturated heterocycles. The molecule has 1 aromatic rings. The van der Waals surface area contributed by atoms with E-state index in [1.54, 1.807) is 12.1 Å². The number of halogens is 2. The topological polar surface area (TPSA) is 43.1 Å². The van der Waals surface area contributed by atoms with E-state index in [0.29, 0.717) is 16.5 Å². The zero-order valence-corrected chi connectivity index (χ0v) is 13.0. The van der Waals surface area contributed by atoms with Gasteiger partial charge in [0.2, 0.25) is 0 Å². The molecule has 0 fully saturated rings. The largest absolute Gasteiger partial charge is 0.328 e. The molecule has 1 rings (SSSR count). The minimum absolute atomic E-state index is 0.0632. The van der Waals surface area contributed by atoms with Gasteiger partial charge in [0.15, 0.2) is 0 Å². The Bertz CT molecular complexity index is 432. The lowest BCUT2D eigenvalue weighted by Crippen LogP contribution is -2.17. The Morgan fingerprint density at radius 1 is 1.21 bits per heavy atom. The molecule has 0 radical (unpaired) electrons. The van der Waals surface area contributed by atoms with Crippen molar-refractivity contribution in [3.05, 3.63) is 33.8 Å². The van der Waals surface area contributed by atoms with Gasteiger partial charge in [0.1, 0.15) is 5.78 Å². The monoisotopic (exact) mass is 301 g/mol. The van der Waals surface area contributed by atoms with Gasteiger partial charge in [0.25, 0.3) is 0 Å². The average Bonchev–Trinajstić information content (AvgIpc) is 2.33. The summed E-state index contributed by atoms with van der Waals surface area (Å²) in [5, 5.41) is 1.01. The Balaban J connectivity index is 2.47.